The molecule has 0 amide bonds. The van der Waals surface area contributed by atoms with Crippen molar-refractivity contribution in [2.24, 2.45) is 0 Å². The highest BCUT2D eigenvalue weighted by Crippen LogP contribution is 2.26. The summed E-state index contributed by atoms with van der Waals surface area (Å²) < 4.78 is 2.05. The fourth-order valence-corrected chi connectivity index (χ4v) is 2.28. The highest BCUT2D eigenvalue weighted by molar-refractivity contribution is 5.63. The van der Waals surface area contributed by atoms with E-state index in [0.29, 0.717) is 0 Å². The zero-order valence-electron chi connectivity index (χ0n) is 9.89. The van der Waals surface area contributed by atoms with Gasteiger partial charge in [0.2, 0.25) is 0 Å². The minimum Gasteiger partial charge on any atom is -0.389 e. The first-order chi connectivity index (χ1) is 7.81. The molecule has 1 aliphatic rings. The van der Waals surface area contributed by atoms with E-state index in [1.165, 1.54) is 17.7 Å². The Morgan fingerprint density at radius 1 is 1.50 bits per heavy atom. The van der Waals surface area contributed by atoms with Crippen molar-refractivity contribution in [1.82, 2.24) is 9.78 Å². The predicted octanol–water partition coefficient (Wildman–Crippen LogP) is 2.61. The molecule has 0 fully saturated rings. The van der Waals surface area contributed by atoms with Gasteiger partial charge in [0.05, 0.1) is 11.8 Å². The first kappa shape index (κ1) is 11.4. The normalized spacial score (nSPS) is 21.6. The molecule has 0 aromatic carbocycles. The van der Waals surface area contributed by atoms with Gasteiger partial charge in [-0.05, 0) is 37.3 Å². The van der Waals surface area contributed by atoms with Gasteiger partial charge < -0.3 is 5.11 Å². The van der Waals surface area contributed by atoms with Crippen LogP contribution in [0.5, 0.6) is 0 Å². The topological polar surface area (TPSA) is 38.0 Å². The molecule has 0 saturated heterocycles. The van der Waals surface area contributed by atoms with Gasteiger partial charge in [0, 0.05) is 12.7 Å². The molecule has 1 aromatic heterocycles. The van der Waals surface area contributed by atoms with Crippen molar-refractivity contribution in [3.63, 3.8) is 0 Å². The molecule has 0 aliphatic heterocycles. The van der Waals surface area contributed by atoms with Crippen molar-refractivity contribution < 1.29 is 5.11 Å². The molecular formula is C13H20N2O. The van der Waals surface area contributed by atoms with Gasteiger partial charge in [-0.2, -0.15) is 5.10 Å². The molecule has 1 aromatic rings. The number of allylic oxidation sites excluding steroid dienone is 1. The second kappa shape index (κ2) is 5.30. The average molecular weight is 220 g/mol. The summed E-state index contributed by atoms with van der Waals surface area (Å²) in [5, 5.41) is 14.1. The molecule has 1 aliphatic carbocycles. The highest BCUT2D eigenvalue weighted by Gasteiger charge is 2.13. The molecule has 0 bridgehead atoms. The maximum Gasteiger partial charge on any atom is 0.0727 e. The van der Waals surface area contributed by atoms with E-state index in [1.807, 2.05) is 17.0 Å². The van der Waals surface area contributed by atoms with Crippen LogP contribution in [0, 0.1) is 0 Å². The van der Waals surface area contributed by atoms with E-state index < -0.39 is 0 Å². The number of aliphatic hydroxyl groups excluding tert-OH is 1. The maximum atomic E-state index is 9.77. The largest absolute Gasteiger partial charge is 0.389 e. The van der Waals surface area contributed by atoms with Gasteiger partial charge >= 0.3 is 0 Å². The van der Waals surface area contributed by atoms with Gasteiger partial charge in [-0.15, -0.1) is 0 Å². The molecule has 0 radical (unpaired) electrons. The average Bonchev–Trinajstić information content (AvgIpc) is 2.61. The van der Waals surface area contributed by atoms with Crippen molar-refractivity contribution >= 4 is 5.57 Å². The van der Waals surface area contributed by atoms with Crippen LogP contribution in [0.1, 0.15) is 44.7 Å². The number of aryl methyl sites for hydroxylation is 1. The predicted molar refractivity (Wildman–Crippen MR) is 65.0 cm³/mol. The van der Waals surface area contributed by atoms with Gasteiger partial charge in [0.25, 0.3) is 0 Å². The number of aromatic nitrogens is 2. The van der Waals surface area contributed by atoms with Crippen molar-refractivity contribution in [1.29, 1.82) is 0 Å². The van der Waals surface area contributed by atoms with Crippen LogP contribution < -0.4 is 0 Å². The molecule has 3 nitrogen and oxygen atoms in total. The minimum absolute atomic E-state index is 0.275. The smallest absolute Gasteiger partial charge is 0.0727 e. The van der Waals surface area contributed by atoms with E-state index in [1.54, 1.807) is 0 Å². The van der Waals surface area contributed by atoms with E-state index in [9.17, 15) is 5.11 Å². The summed E-state index contributed by atoms with van der Waals surface area (Å²) in [5.74, 6) is 0. The molecule has 1 atom stereocenters. The van der Waals surface area contributed by atoms with Gasteiger partial charge in [0.1, 0.15) is 0 Å². The molecule has 0 saturated carbocycles. The molecular weight excluding hydrogens is 200 g/mol. The summed E-state index contributed by atoms with van der Waals surface area (Å²) in [6.07, 6.45) is 8.91. The van der Waals surface area contributed by atoms with Gasteiger partial charge in [-0.3, -0.25) is 4.68 Å². The summed E-state index contributed by atoms with van der Waals surface area (Å²) in [5.41, 5.74) is 2.44. The van der Waals surface area contributed by atoms with Crippen LogP contribution in [-0.2, 0) is 6.54 Å². The summed E-state index contributed by atoms with van der Waals surface area (Å²) in [7, 11) is 0. The van der Waals surface area contributed by atoms with Gasteiger partial charge in [-0.25, -0.2) is 0 Å². The molecule has 0 spiro atoms. The van der Waals surface area contributed by atoms with Crippen LogP contribution in [0.3, 0.4) is 0 Å². The molecule has 3 heteroatoms. The monoisotopic (exact) mass is 220 g/mol. The summed E-state index contributed by atoms with van der Waals surface area (Å²) >= 11 is 0. The Balaban J connectivity index is 2.24. The van der Waals surface area contributed by atoms with Crippen LogP contribution in [0.25, 0.3) is 5.57 Å². The Labute approximate surface area is 96.8 Å². The second-order valence-corrected chi connectivity index (χ2v) is 4.44. The second-order valence-electron chi connectivity index (χ2n) is 4.44. The Bertz CT molecular complexity index is 368. The lowest BCUT2D eigenvalue weighted by atomic mass is 10.1. The molecule has 1 unspecified atom stereocenters. The first-order valence-corrected chi connectivity index (χ1v) is 6.22. The first-order valence-electron chi connectivity index (χ1n) is 6.22. The van der Waals surface area contributed by atoms with Crippen molar-refractivity contribution in [3.8, 4) is 0 Å². The van der Waals surface area contributed by atoms with E-state index in [0.717, 1.165) is 32.2 Å². The fraction of sp³-hybridized carbons (Fsp3) is 0.615. The van der Waals surface area contributed by atoms with Crippen LogP contribution in [0.2, 0.25) is 0 Å². The van der Waals surface area contributed by atoms with Crippen molar-refractivity contribution in [3.05, 3.63) is 24.0 Å². The number of hydrogen-bond donors (Lipinski definition) is 1. The number of nitrogens with zero attached hydrogens (tertiary/aromatic N) is 2. The standard InChI is InChI=1S/C13H20N2O/c1-2-9-15-13(7-8-14-15)11-5-3-4-6-12(16)10-11/h7-8,10,12,16H,2-6,9H2,1H3. The van der Waals surface area contributed by atoms with Crippen LogP contribution in [0.15, 0.2) is 18.3 Å². The van der Waals surface area contributed by atoms with Crippen molar-refractivity contribution in [2.45, 2.75) is 51.7 Å². The van der Waals surface area contributed by atoms with Crippen LogP contribution in [0.4, 0.5) is 0 Å². The summed E-state index contributed by atoms with van der Waals surface area (Å²) in [6.45, 7) is 3.11. The van der Waals surface area contributed by atoms with Gasteiger partial charge in [0.15, 0.2) is 0 Å². The van der Waals surface area contributed by atoms with E-state index in [4.69, 9.17) is 0 Å². The third-order valence-electron chi connectivity index (χ3n) is 3.07. The summed E-state index contributed by atoms with van der Waals surface area (Å²) in [4.78, 5) is 0. The lowest BCUT2D eigenvalue weighted by molar-refractivity contribution is 0.211. The van der Waals surface area contributed by atoms with E-state index in [-0.39, 0.29) is 6.10 Å². The Morgan fingerprint density at radius 3 is 3.19 bits per heavy atom. The Morgan fingerprint density at radius 2 is 2.38 bits per heavy atom. The van der Waals surface area contributed by atoms with E-state index in [2.05, 4.69) is 18.1 Å². The van der Waals surface area contributed by atoms with Crippen LogP contribution >= 0.6 is 0 Å². The minimum atomic E-state index is -0.275. The maximum absolute atomic E-state index is 9.77. The van der Waals surface area contributed by atoms with E-state index >= 15 is 0 Å². The molecule has 88 valence electrons. The fourth-order valence-electron chi connectivity index (χ4n) is 2.28. The zero-order valence-corrected chi connectivity index (χ0v) is 9.89. The lowest BCUT2D eigenvalue weighted by Crippen LogP contribution is -2.05. The summed E-state index contributed by atoms with van der Waals surface area (Å²) in [6, 6.07) is 2.06. The Kier molecular flexibility index (Phi) is 3.78. The third kappa shape index (κ3) is 2.53. The van der Waals surface area contributed by atoms with Crippen LogP contribution in [-0.4, -0.2) is 21.0 Å². The Hall–Kier alpha value is -1.09. The molecule has 1 heterocycles. The molecule has 1 N–H and O–H groups in total. The van der Waals surface area contributed by atoms with Gasteiger partial charge in [-0.1, -0.05) is 19.4 Å². The molecule has 16 heavy (non-hydrogen) atoms. The quantitative estimate of drug-likeness (QED) is 0.850. The number of rotatable bonds is 3. The zero-order chi connectivity index (χ0) is 11.4. The lowest BCUT2D eigenvalue weighted by Gasteiger charge is -2.09. The SMILES string of the molecule is CCCn1nccc1C1=CC(O)CCCC1. The number of hydrogen-bond acceptors (Lipinski definition) is 2. The molecule has 2 rings (SSSR count). The number of aliphatic hydroxyl groups is 1. The highest BCUT2D eigenvalue weighted by atomic mass is 16.3. The van der Waals surface area contributed by atoms with Crippen molar-refractivity contribution in [2.75, 3.05) is 0 Å². The third-order valence-corrected chi connectivity index (χ3v) is 3.07.